The predicted octanol–water partition coefficient (Wildman–Crippen LogP) is 4.10. The van der Waals surface area contributed by atoms with E-state index in [2.05, 4.69) is 15.9 Å². The molecule has 0 nitrogen and oxygen atoms in total. The molecule has 0 fully saturated rings. The fraction of sp³-hybridized carbons (Fsp3) is 0.200. The number of thiophene rings is 1. The van der Waals surface area contributed by atoms with E-state index in [1.807, 2.05) is 0 Å². The molecule has 0 aliphatic heterocycles. The summed E-state index contributed by atoms with van der Waals surface area (Å²) in [4.78, 5) is -0.00289. The van der Waals surface area contributed by atoms with Crippen molar-refractivity contribution in [3.05, 3.63) is 19.8 Å². The minimum absolute atomic E-state index is 0.00289. The molecule has 1 aromatic rings. The Morgan fingerprint density at radius 2 is 2.20 bits per heavy atom. The Bertz CT molecular complexity index is 216. The summed E-state index contributed by atoms with van der Waals surface area (Å²) >= 11 is 9.43. The van der Waals surface area contributed by atoms with Crippen molar-refractivity contribution in [2.45, 2.75) is 6.43 Å². The smallest absolute Gasteiger partial charge is 0.204 e. The first kappa shape index (κ1) is 8.43. The molecule has 0 atom stereocenters. The molecule has 0 N–H and O–H groups in total. The number of hydrogen-bond donors (Lipinski definition) is 0. The summed E-state index contributed by atoms with van der Waals surface area (Å²) in [6.45, 7) is 0. The zero-order valence-electron chi connectivity index (χ0n) is 4.57. The number of rotatable bonds is 1. The van der Waals surface area contributed by atoms with Gasteiger partial charge in [-0.1, -0.05) is 11.6 Å². The van der Waals surface area contributed by atoms with E-state index in [0.717, 1.165) is 11.3 Å². The lowest BCUT2D eigenvalue weighted by Gasteiger charge is -1.87. The Kier molecular flexibility index (Phi) is 2.66. The van der Waals surface area contributed by atoms with Crippen molar-refractivity contribution in [2.24, 2.45) is 0 Å². The number of alkyl halides is 2. The molecule has 0 amide bonds. The Labute approximate surface area is 73.9 Å². The Morgan fingerprint density at radius 1 is 1.60 bits per heavy atom. The lowest BCUT2D eigenvalue weighted by molar-refractivity contribution is 0.155. The van der Waals surface area contributed by atoms with Gasteiger partial charge in [0.2, 0.25) is 0 Å². The molecule has 0 spiro atoms. The Morgan fingerprint density at radius 3 is 2.40 bits per heavy atom. The average molecular weight is 247 g/mol. The molecule has 0 saturated carbocycles. The lowest BCUT2D eigenvalue weighted by atomic mass is 10.5. The molecule has 5 heteroatoms. The first-order chi connectivity index (χ1) is 4.61. The maximum absolute atomic E-state index is 11.9. The quantitative estimate of drug-likeness (QED) is 0.701. The summed E-state index contributed by atoms with van der Waals surface area (Å²) in [5.74, 6) is 0. The molecular weight excluding hydrogens is 245 g/mol. The van der Waals surface area contributed by atoms with E-state index in [-0.39, 0.29) is 4.88 Å². The van der Waals surface area contributed by atoms with Crippen molar-refractivity contribution in [1.29, 1.82) is 0 Å². The highest BCUT2D eigenvalue weighted by Gasteiger charge is 2.12. The van der Waals surface area contributed by atoms with Crippen LogP contribution in [0.3, 0.4) is 0 Å². The minimum Gasteiger partial charge on any atom is -0.204 e. The minimum atomic E-state index is -2.42. The summed E-state index contributed by atoms with van der Waals surface area (Å²) in [7, 11) is 0. The summed E-state index contributed by atoms with van der Waals surface area (Å²) in [5.41, 5.74) is 0. The highest BCUT2D eigenvalue weighted by Crippen LogP contribution is 2.36. The van der Waals surface area contributed by atoms with Gasteiger partial charge in [0, 0.05) is 4.47 Å². The third-order valence-corrected chi connectivity index (χ3v) is 3.36. The van der Waals surface area contributed by atoms with Crippen molar-refractivity contribution >= 4 is 38.9 Å². The van der Waals surface area contributed by atoms with Gasteiger partial charge >= 0.3 is 0 Å². The van der Waals surface area contributed by atoms with E-state index >= 15 is 0 Å². The van der Waals surface area contributed by atoms with Gasteiger partial charge in [-0.05, 0) is 22.0 Å². The molecule has 0 aliphatic rings. The van der Waals surface area contributed by atoms with E-state index in [1.165, 1.54) is 6.07 Å². The third-order valence-electron chi connectivity index (χ3n) is 0.879. The maximum Gasteiger partial charge on any atom is 0.272 e. The zero-order valence-corrected chi connectivity index (χ0v) is 7.73. The molecular formula is C5H2BrClF2S. The van der Waals surface area contributed by atoms with Gasteiger partial charge in [-0.15, -0.1) is 11.3 Å². The summed E-state index contributed by atoms with van der Waals surface area (Å²) in [6.07, 6.45) is -2.42. The summed E-state index contributed by atoms with van der Waals surface area (Å²) < 4.78 is 24.7. The predicted molar refractivity (Wildman–Crippen MR) is 42.0 cm³/mol. The highest BCUT2D eigenvalue weighted by molar-refractivity contribution is 9.10. The van der Waals surface area contributed by atoms with Crippen LogP contribution in [0.25, 0.3) is 0 Å². The van der Waals surface area contributed by atoms with Crippen LogP contribution in [0.15, 0.2) is 10.5 Å². The first-order valence-corrected chi connectivity index (χ1v) is 4.33. The van der Waals surface area contributed by atoms with Gasteiger partial charge in [-0.2, -0.15) is 0 Å². The van der Waals surface area contributed by atoms with Crippen LogP contribution in [0.4, 0.5) is 8.78 Å². The fourth-order valence-corrected chi connectivity index (χ4v) is 2.06. The van der Waals surface area contributed by atoms with Crippen LogP contribution >= 0.6 is 38.9 Å². The Balaban J connectivity index is 2.98. The molecule has 1 rings (SSSR count). The van der Waals surface area contributed by atoms with E-state index in [1.54, 1.807) is 0 Å². The molecule has 0 bridgehead atoms. The van der Waals surface area contributed by atoms with Gasteiger partial charge in [-0.25, -0.2) is 8.78 Å². The molecule has 0 saturated heterocycles. The van der Waals surface area contributed by atoms with Crippen LogP contribution in [0.5, 0.6) is 0 Å². The SMILES string of the molecule is FC(F)c1cc(Br)c(Cl)s1. The largest absolute Gasteiger partial charge is 0.272 e. The third kappa shape index (κ3) is 1.68. The average Bonchev–Trinajstić information content (AvgIpc) is 2.13. The van der Waals surface area contributed by atoms with Crippen molar-refractivity contribution in [3.63, 3.8) is 0 Å². The second kappa shape index (κ2) is 3.15. The fourth-order valence-electron chi connectivity index (χ4n) is 0.471. The van der Waals surface area contributed by atoms with Gasteiger partial charge in [0.25, 0.3) is 6.43 Å². The van der Waals surface area contributed by atoms with Gasteiger partial charge in [-0.3, -0.25) is 0 Å². The van der Waals surface area contributed by atoms with Crippen LogP contribution in [-0.2, 0) is 0 Å². The second-order valence-electron chi connectivity index (χ2n) is 1.57. The van der Waals surface area contributed by atoms with Gasteiger partial charge in [0.15, 0.2) is 0 Å². The van der Waals surface area contributed by atoms with Crippen LogP contribution in [0.1, 0.15) is 11.3 Å². The van der Waals surface area contributed by atoms with Gasteiger partial charge in [0.05, 0.1) is 4.88 Å². The van der Waals surface area contributed by atoms with E-state index in [9.17, 15) is 8.78 Å². The standard InChI is InChI=1S/C5H2BrClF2S/c6-2-1-3(5(8)9)10-4(2)7/h1,5H. The van der Waals surface area contributed by atoms with E-state index in [4.69, 9.17) is 11.6 Å². The Hall–Kier alpha value is 0.330. The zero-order chi connectivity index (χ0) is 7.72. The molecule has 10 heavy (non-hydrogen) atoms. The molecule has 0 radical (unpaired) electrons. The van der Waals surface area contributed by atoms with E-state index < -0.39 is 6.43 Å². The second-order valence-corrected chi connectivity index (χ2v) is 4.11. The summed E-state index contributed by atoms with van der Waals surface area (Å²) in [6, 6.07) is 1.33. The number of halogens is 4. The van der Waals surface area contributed by atoms with E-state index in [0.29, 0.717) is 8.81 Å². The van der Waals surface area contributed by atoms with Crippen molar-refractivity contribution < 1.29 is 8.78 Å². The molecule has 1 aromatic heterocycles. The summed E-state index contributed by atoms with van der Waals surface area (Å²) in [5, 5.41) is 0. The van der Waals surface area contributed by atoms with Crippen molar-refractivity contribution in [2.75, 3.05) is 0 Å². The lowest BCUT2D eigenvalue weighted by Crippen LogP contribution is -1.72. The highest BCUT2D eigenvalue weighted by atomic mass is 79.9. The van der Waals surface area contributed by atoms with Crippen molar-refractivity contribution in [3.8, 4) is 0 Å². The van der Waals surface area contributed by atoms with Crippen LogP contribution in [0.2, 0.25) is 4.34 Å². The molecule has 1 heterocycles. The van der Waals surface area contributed by atoms with Gasteiger partial charge < -0.3 is 0 Å². The van der Waals surface area contributed by atoms with Crippen molar-refractivity contribution in [1.82, 2.24) is 0 Å². The number of hydrogen-bond acceptors (Lipinski definition) is 1. The molecule has 0 aromatic carbocycles. The molecule has 0 unspecified atom stereocenters. The normalized spacial score (nSPS) is 10.9. The van der Waals surface area contributed by atoms with Crippen LogP contribution < -0.4 is 0 Å². The van der Waals surface area contributed by atoms with Crippen LogP contribution in [-0.4, -0.2) is 0 Å². The topological polar surface area (TPSA) is 0 Å². The monoisotopic (exact) mass is 246 g/mol. The molecule has 0 aliphatic carbocycles. The molecule has 56 valence electrons. The maximum atomic E-state index is 11.9. The van der Waals surface area contributed by atoms with Gasteiger partial charge in [0.1, 0.15) is 4.34 Å². The first-order valence-electron chi connectivity index (χ1n) is 2.34. The van der Waals surface area contributed by atoms with Crippen LogP contribution in [0, 0.1) is 0 Å².